The molecule has 0 aliphatic carbocycles. The molecule has 14 heavy (non-hydrogen) atoms. The molecule has 0 aliphatic rings. The van der Waals surface area contributed by atoms with Crippen molar-refractivity contribution in [1.82, 2.24) is 5.32 Å². The first-order valence-corrected chi connectivity index (χ1v) is 5.58. The van der Waals surface area contributed by atoms with Crippen molar-refractivity contribution < 1.29 is 9.59 Å². The Morgan fingerprint density at radius 3 is 2.71 bits per heavy atom. The summed E-state index contributed by atoms with van der Waals surface area (Å²) in [5.41, 5.74) is 0. The fourth-order valence-corrected chi connectivity index (χ4v) is 1.65. The third-order valence-corrected chi connectivity index (χ3v) is 2.74. The maximum atomic E-state index is 11.4. The van der Waals surface area contributed by atoms with Crippen LogP contribution in [0.2, 0.25) is 0 Å². The zero-order valence-corrected chi connectivity index (χ0v) is 9.52. The summed E-state index contributed by atoms with van der Waals surface area (Å²) in [7, 11) is 0. The molecule has 0 aromatic rings. The lowest BCUT2D eigenvalue weighted by Crippen LogP contribution is -2.23. The molecule has 0 aromatic carbocycles. The van der Waals surface area contributed by atoms with Crippen molar-refractivity contribution in [2.75, 3.05) is 12.3 Å². The van der Waals surface area contributed by atoms with Gasteiger partial charge in [0.2, 0.25) is 5.91 Å². The van der Waals surface area contributed by atoms with Crippen LogP contribution in [0.25, 0.3) is 0 Å². The number of nitrogens with one attached hydrogen (secondary N) is 1. The second kappa shape index (κ2) is 7.62. The van der Waals surface area contributed by atoms with E-state index in [0.29, 0.717) is 18.7 Å². The first-order chi connectivity index (χ1) is 6.57. The van der Waals surface area contributed by atoms with E-state index in [1.165, 1.54) is 18.7 Å². The van der Waals surface area contributed by atoms with Crippen molar-refractivity contribution in [2.45, 2.75) is 20.3 Å². The van der Waals surface area contributed by atoms with Gasteiger partial charge in [0.15, 0.2) is 5.12 Å². The van der Waals surface area contributed by atoms with Crippen LogP contribution in [0, 0.1) is 5.92 Å². The van der Waals surface area contributed by atoms with E-state index in [1.807, 2.05) is 6.92 Å². The Balaban J connectivity index is 3.53. The molecule has 1 amide bonds. The Labute approximate surface area is 89.3 Å². The van der Waals surface area contributed by atoms with Crippen LogP contribution in [0.1, 0.15) is 20.3 Å². The zero-order valence-electron chi connectivity index (χ0n) is 8.71. The van der Waals surface area contributed by atoms with Gasteiger partial charge in [0.05, 0.1) is 0 Å². The predicted octanol–water partition coefficient (Wildman–Crippen LogP) is 1.59. The van der Waals surface area contributed by atoms with E-state index in [-0.39, 0.29) is 16.9 Å². The van der Waals surface area contributed by atoms with Gasteiger partial charge in [-0.25, -0.2) is 0 Å². The number of carbonyl (C=O) groups excluding carboxylic acids is 2. The molecular weight excluding hydrogens is 198 g/mol. The quantitative estimate of drug-likeness (QED) is 0.540. The summed E-state index contributed by atoms with van der Waals surface area (Å²) in [6.07, 6.45) is 2.46. The largest absolute Gasteiger partial charge is 0.356 e. The van der Waals surface area contributed by atoms with Crippen LogP contribution in [0.15, 0.2) is 12.7 Å². The van der Waals surface area contributed by atoms with E-state index >= 15 is 0 Å². The Bertz CT molecular complexity index is 216. The fourth-order valence-electron chi connectivity index (χ4n) is 0.867. The number of thioether (sulfide) groups is 1. The van der Waals surface area contributed by atoms with Gasteiger partial charge in [-0.1, -0.05) is 24.8 Å². The van der Waals surface area contributed by atoms with Gasteiger partial charge in [0.1, 0.15) is 0 Å². The van der Waals surface area contributed by atoms with Crippen LogP contribution in [-0.4, -0.2) is 23.3 Å². The highest BCUT2D eigenvalue weighted by atomic mass is 32.2. The average Bonchev–Trinajstić information content (AvgIpc) is 2.12. The molecule has 0 saturated heterocycles. The summed E-state index contributed by atoms with van der Waals surface area (Å²) in [6.45, 7) is 7.48. The van der Waals surface area contributed by atoms with Crippen molar-refractivity contribution in [3.63, 3.8) is 0 Å². The summed E-state index contributed by atoms with van der Waals surface area (Å²) in [4.78, 5) is 21.9. The first kappa shape index (κ1) is 13.2. The molecule has 0 radical (unpaired) electrons. The first-order valence-electron chi connectivity index (χ1n) is 4.60. The molecule has 80 valence electrons. The summed E-state index contributed by atoms with van der Waals surface area (Å²) in [5.74, 6) is 0.604. The molecule has 0 rings (SSSR count). The van der Waals surface area contributed by atoms with Crippen molar-refractivity contribution in [3.8, 4) is 0 Å². The van der Waals surface area contributed by atoms with E-state index in [4.69, 9.17) is 0 Å². The Hall–Kier alpha value is -0.770. The van der Waals surface area contributed by atoms with E-state index in [0.717, 1.165) is 0 Å². The minimum atomic E-state index is -0.0582. The number of amides is 1. The van der Waals surface area contributed by atoms with Gasteiger partial charge in [0, 0.05) is 25.1 Å². The highest BCUT2D eigenvalue weighted by Gasteiger charge is 2.10. The molecule has 0 bridgehead atoms. The van der Waals surface area contributed by atoms with Gasteiger partial charge in [-0.05, 0) is 6.42 Å². The van der Waals surface area contributed by atoms with Gasteiger partial charge in [0.25, 0.3) is 0 Å². The molecule has 0 aliphatic heterocycles. The van der Waals surface area contributed by atoms with Gasteiger partial charge in [-0.2, -0.15) is 0 Å². The number of carbonyl (C=O) groups is 2. The highest BCUT2D eigenvalue weighted by Crippen LogP contribution is 2.13. The standard InChI is InChI=1S/C10H17NO2S/c1-4-5-8(2)10(13)14-7-6-11-9(3)12/h4,8H,1,5-7H2,2-3H3,(H,11,12). The SMILES string of the molecule is C=CCC(C)C(=O)SCCNC(C)=O. The normalized spacial score (nSPS) is 11.9. The summed E-state index contributed by atoms with van der Waals surface area (Å²) < 4.78 is 0. The van der Waals surface area contributed by atoms with Crippen molar-refractivity contribution in [1.29, 1.82) is 0 Å². The lowest BCUT2D eigenvalue weighted by atomic mass is 10.1. The van der Waals surface area contributed by atoms with E-state index in [1.54, 1.807) is 6.08 Å². The number of rotatable bonds is 6. The molecule has 0 heterocycles. The minimum Gasteiger partial charge on any atom is -0.356 e. The van der Waals surface area contributed by atoms with Gasteiger partial charge in [-0.15, -0.1) is 6.58 Å². The summed E-state index contributed by atoms with van der Waals surface area (Å²) >= 11 is 1.27. The molecule has 0 saturated carbocycles. The van der Waals surface area contributed by atoms with Crippen LogP contribution in [0.5, 0.6) is 0 Å². The molecule has 3 nitrogen and oxygen atoms in total. The maximum Gasteiger partial charge on any atom is 0.216 e. The summed E-state index contributed by atoms with van der Waals surface area (Å²) in [6, 6.07) is 0. The van der Waals surface area contributed by atoms with Crippen LogP contribution < -0.4 is 5.32 Å². The van der Waals surface area contributed by atoms with Crippen LogP contribution in [-0.2, 0) is 9.59 Å². The molecule has 1 atom stereocenters. The van der Waals surface area contributed by atoms with Crippen molar-refractivity contribution >= 4 is 22.8 Å². The Morgan fingerprint density at radius 2 is 2.21 bits per heavy atom. The lowest BCUT2D eigenvalue weighted by molar-refractivity contribution is -0.119. The molecule has 0 aromatic heterocycles. The van der Waals surface area contributed by atoms with E-state index < -0.39 is 0 Å². The molecular formula is C10H17NO2S. The van der Waals surface area contributed by atoms with Gasteiger partial charge >= 0.3 is 0 Å². The van der Waals surface area contributed by atoms with Crippen molar-refractivity contribution in [2.24, 2.45) is 5.92 Å². The molecule has 0 spiro atoms. The minimum absolute atomic E-state index is 0.0230. The monoisotopic (exact) mass is 215 g/mol. The summed E-state index contributed by atoms with van der Waals surface area (Å²) in [5, 5.41) is 2.80. The second-order valence-corrected chi connectivity index (χ2v) is 4.18. The molecule has 4 heteroatoms. The number of hydrogen-bond donors (Lipinski definition) is 1. The van der Waals surface area contributed by atoms with Crippen LogP contribution in [0.4, 0.5) is 0 Å². The third kappa shape index (κ3) is 6.71. The van der Waals surface area contributed by atoms with Crippen LogP contribution >= 0.6 is 11.8 Å². The van der Waals surface area contributed by atoms with E-state index in [9.17, 15) is 9.59 Å². The maximum absolute atomic E-state index is 11.4. The Morgan fingerprint density at radius 1 is 1.57 bits per heavy atom. The fraction of sp³-hybridized carbons (Fsp3) is 0.600. The van der Waals surface area contributed by atoms with Crippen LogP contribution in [0.3, 0.4) is 0 Å². The smallest absolute Gasteiger partial charge is 0.216 e. The lowest BCUT2D eigenvalue weighted by Gasteiger charge is -2.06. The number of allylic oxidation sites excluding steroid dienone is 1. The van der Waals surface area contributed by atoms with Crippen molar-refractivity contribution in [3.05, 3.63) is 12.7 Å². The Kier molecular flexibility index (Phi) is 7.20. The van der Waals surface area contributed by atoms with E-state index in [2.05, 4.69) is 11.9 Å². The molecule has 1 N–H and O–H groups in total. The van der Waals surface area contributed by atoms with Gasteiger partial charge < -0.3 is 5.32 Å². The molecule has 0 fully saturated rings. The number of hydrogen-bond acceptors (Lipinski definition) is 3. The zero-order chi connectivity index (χ0) is 11.0. The van der Waals surface area contributed by atoms with Gasteiger partial charge in [-0.3, -0.25) is 9.59 Å². The average molecular weight is 215 g/mol. The predicted molar refractivity (Wildman–Crippen MR) is 60.1 cm³/mol. The third-order valence-electron chi connectivity index (χ3n) is 1.64. The topological polar surface area (TPSA) is 46.2 Å². The second-order valence-electron chi connectivity index (χ2n) is 3.08. The molecule has 1 unspecified atom stereocenters. The highest BCUT2D eigenvalue weighted by molar-refractivity contribution is 8.13.